The summed E-state index contributed by atoms with van der Waals surface area (Å²) in [5, 5.41) is 3.27. The number of benzene rings is 1. The molecular weight excluding hydrogens is 305 g/mol. The molecule has 2 aromatic rings. The number of guanidine groups is 1. The fourth-order valence-electron chi connectivity index (χ4n) is 1.54. The van der Waals surface area contributed by atoms with Crippen molar-refractivity contribution in [3.8, 4) is 5.75 Å². The first kappa shape index (κ1) is 15.4. The van der Waals surface area contributed by atoms with Crippen LogP contribution >= 0.6 is 11.3 Å². The minimum Gasteiger partial charge on any atom is -0.406 e. The number of thiazole rings is 1. The predicted octanol–water partition coefficient (Wildman–Crippen LogP) is 3.33. The number of aliphatic imine (C=N–C) groups is 1. The van der Waals surface area contributed by atoms with Crippen LogP contribution in [-0.2, 0) is 0 Å². The summed E-state index contributed by atoms with van der Waals surface area (Å²) in [7, 11) is 0. The zero-order valence-electron chi connectivity index (χ0n) is 11.1. The highest BCUT2D eigenvalue weighted by Crippen LogP contribution is 2.31. The third kappa shape index (κ3) is 4.48. The van der Waals surface area contributed by atoms with Gasteiger partial charge in [-0.15, -0.1) is 13.2 Å². The number of ether oxygens (including phenoxy) is 1. The van der Waals surface area contributed by atoms with Crippen molar-refractivity contribution in [2.45, 2.75) is 19.7 Å². The maximum Gasteiger partial charge on any atom is 0.573 e. The highest BCUT2D eigenvalue weighted by molar-refractivity contribution is 7.22. The van der Waals surface area contributed by atoms with Gasteiger partial charge >= 0.3 is 6.36 Å². The van der Waals surface area contributed by atoms with Gasteiger partial charge in [0.05, 0.1) is 10.2 Å². The van der Waals surface area contributed by atoms with E-state index in [9.17, 15) is 13.2 Å². The van der Waals surface area contributed by atoms with Crippen LogP contribution in [0, 0.1) is 0 Å². The maximum atomic E-state index is 12.2. The van der Waals surface area contributed by atoms with Gasteiger partial charge in [0.15, 0.2) is 11.1 Å². The van der Waals surface area contributed by atoms with Crippen LogP contribution in [0.5, 0.6) is 5.75 Å². The molecule has 21 heavy (non-hydrogen) atoms. The van der Waals surface area contributed by atoms with Gasteiger partial charge in [-0.25, -0.2) is 4.98 Å². The molecule has 5 nitrogen and oxygen atoms in total. The molecule has 3 N–H and O–H groups in total. The van der Waals surface area contributed by atoms with E-state index >= 15 is 0 Å². The number of hydrogen-bond acceptors (Lipinski definition) is 4. The lowest BCUT2D eigenvalue weighted by molar-refractivity contribution is -0.274. The lowest BCUT2D eigenvalue weighted by atomic mass is 10.3. The Morgan fingerprint density at radius 2 is 2.24 bits per heavy atom. The average Bonchev–Trinajstić information content (AvgIpc) is 2.75. The second-order valence-corrected chi connectivity index (χ2v) is 5.12. The first-order valence-electron chi connectivity index (χ1n) is 6.10. The van der Waals surface area contributed by atoms with Crippen LogP contribution in [0.1, 0.15) is 13.3 Å². The maximum absolute atomic E-state index is 12.2. The van der Waals surface area contributed by atoms with Crippen molar-refractivity contribution in [1.82, 2.24) is 4.98 Å². The molecule has 0 amide bonds. The van der Waals surface area contributed by atoms with Crippen LogP contribution in [0.15, 0.2) is 23.2 Å². The van der Waals surface area contributed by atoms with E-state index in [0.29, 0.717) is 21.9 Å². The Bertz CT molecular complexity index is 653. The molecule has 0 saturated carbocycles. The van der Waals surface area contributed by atoms with Crippen LogP contribution < -0.4 is 15.8 Å². The van der Waals surface area contributed by atoms with Crippen molar-refractivity contribution in [2.24, 2.45) is 10.7 Å². The summed E-state index contributed by atoms with van der Waals surface area (Å²) in [4.78, 5) is 8.26. The van der Waals surface area contributed by atoms with Crippen LogP contribution in [0.3, 0.4) is 0 Å². The first-order valence-corrected chi connectivity index (χ1v) is 6.92. The number of alkyl halides is 3. The summed E-state index contributed by atoms with van der Waals surface area (Å²) in [5.74, 6) is -0.0551. The van der Waals surface area contributed by atoms with Gasteiger partial charge in [0, 0.05) is 12.6 Å². The second-order valence-electron chi connectivity index (χ2n) is 4.09. The third-order valence-electron chi connectivity index (χ3n) is 2.33. The lowest BCUT2D eigenvalue weighted by Crippen LogP contribution is -2.22. The van der Waals surface area contributed by atoms with Gasteiger partial charge in [0.2, 0.25) is 0 Å². The molecule has 2 rings (SSSR count). The standard InChI is InChI=1S/C12H13F3N4OS/c1-2-5-17-10(16)19-11-18-8-4-3-7(6-9(8)21-11)20-12(13,14)15/h3-4,6H,2,5H2,1H3,(H3,16,17,18,19). The number of nitrogens with two attached hydrogens (primary N) is 1. The van der Waals surface area contributed by atoms with Crippen molar-refractivity contribution >= 4 is 32.6 Å². The molecular formula is C12H13F3N4OS. The Labute approximate surface area is 122 Å². The molecule has 0 spiro atoms. The Hall–Kier alpha value is -2.03. The van der Waals surface area contributed by atoms with Crippen LogP contribution in [0.4, 0.5) is 18.3 Å². The minimum atomic E-state index is -4.71. The number of halogens is 3. The summed E-state index contributed by atoms with van der Waals surface area (Å²) in [6.45, 7) is 2.56. The number of nitrogens with one attached hydrogen (secondary N) is 1. The molecule has 0 unspecified atom stereocenters. The topological polar surface area (TPSA) is 72.5 Å². The molecule has 0 saturated heterocycles. The van der Waals surface area contributed by atoms with E-state index in [1.54, 1.807) is 0 Å². The Balaban J connectivity index is 2.18. The number of hydrogen-bond donors (Lipinski definition) is 2. The number of aromatic nitrogens is 1. The second kappa shape index (κ2) is 6.17. The van der Waals surface area contributed by atoms with E-state index in [0.717, 1.165) is 6.42 Å². The van der Waals surface area contributed by atoms with E-state index in [2.05, 4.69) is 20.0 Å². The van der Waals surface area contributed by atoms with Crippen molar-refractivity contribution < 1.29 is 17.9 Å². The van der Waals surface area contributed by atoms with Crippen LogP contribution in [0.25, 0.3) is 10.2 Å². The van der Waals surface area contributed by atoms with Crippen molar-refractivity contribution in [2.75, 3.05) is 11.9 Å². The van der Waals surface area contributed by atoms with Gasteiger partial charge in [0.1, 0.15) is 5.75 Å². The largest absolute Gasteiger partial charge is 0.573 e. The average molecular weight is 318 g/mol. The van der Waals surface area contributed by atoms with E-state index < -0.39 is 6.36 Å². The van der Waals surface area contributed by atoms with Crippen molar-refractivity contribution in [3.05, 3.63) is 18.2 Å². The van der Waals surface area contributed by atoms with Gasteiger partial charge in [0.25, 0.3) is 0 Å². The molecule has 9 heteroatoms. The molecule has 1 aromatic heterocycles. The molecule has 1 heterocycles. The predicted molar refractivity (Wildman–Crippen MR) is 76.7 cm³/mol. The molecule has 0 fully saturated rings. The smallest absolute Gasteiger partial charge is 0.406 e. The third-order valence-corrected chi connectivity index (χ3v) is 3.27. The molecule has 114 valence electrons. The van der Waals surface area contributed by atoms with E-state index in [4.69, 9.17) is 5.73 Å². The highest BCUT2D eigenvalue weighted by atomic mass is 32.1. The Morgan fingerprint density at radius 3 is 2.90 bits per heavy atom. The fraction of sp³-hybridized carbons (Fsp3) is 0.333. The summed E-state index contributed by atoms with van der Waals surface area (Å²) in [6.07, 6.45) is -3.85. The highest BCUT2D eigenvalue weighted by Gasteiger charge is 2.31. The molecule has 0 aliphatic carbocycles. The minimum absolute atomic E-state index is 0.225. The lowest BCUT2D eigenvalue weighted by Gasteiger charge is -2.07. The summed E-state index contributed by atoms with van der Waals surface area (Å²) >= 11 is 1.17. The number of rotatable bonds is 4. The van der Waals surface area contributed by atoms with Crippen molar-refractivity contribution in [1.29, 1.82) is 0 Å². The summed E-state index contributed by atoms with van der Waals surface area (Å²) < 4.78 is 40.9. The van der Waals surface area contributed by atoms with E-state index in [-0.39, 0.29) is 11.7 Å². The van der Waals surface area contributed by atoms with E-state index in [1.807, 2.05) is 6.92 Å². The van der Waals surface area contributed by atoms with E-state index in [1.165, 1.54) is 29.5 Å². The zero-order valence-corrected chi connectivity index (χ0v) is 11.9. The Morgan fingerprint density at radius 1 is 1.48 bits per heavy atom. The molecule has 0 aliphatic rings. The quantitative estimate of drug-likeness (QED) is 0.670. The molecule has 0 atom stereocenters. The zero-order chi connectivity index (χ0) is 15.5. The van der Waals surface area contributed by atoms with Gasteiger partial charge < -0.3 is 15.8 Å². The summed E-state index contributed by atoms with van der Waals surface area (Å²) in [5.41, 5.74) is 6.21. The fourth-order valence-corrected chi connectivity index (χ4v) is 2.44. The first-order chi connectivity index (χ1) is 9.87. The summed E-state index contributed by atoms with van der Waals surface area (Å²) in [6, 6.07) is 3.95. The number of anilines is 1. The molecule has 1 aromatic carbocycles. The number of fused-ring (bicyclic) bond motifs is 1. The Kier molecular flexibility index (Phi) is 4.51. The van der Waals surface area contributed by atoms with Gasteiger partial charge in [-0.05, 0) is 18.6 Å². The van der Waals surface area contributed by atoms with Gasteiger partial charge in [-0.2, -0.15) is 0 Å². The molecule has 0 aliphatic heterocycles. The SMILES string of the molecule is CCCN=C(N)Nc1nc2ccc(OC(F)(F)F)cc2s1. The van der Waals surface area contributed by atoms with Crippen LogP contribution in [-0.4, -0.2) is 23.9 Å². The van der Waals surface area contributed by atoms with Crippen molar-refractivity contribution in [3.63, 3.8) is 0 Å². The van der Waals surface area contributed by atoms with Gasteiger partial charge in [-0.3, -0.25) is 4.99 Å². The van der Waals surface area contributed by atoms with Crippen LogP contribution in [0.2, 0.25) is 0 Å². The number of nitrogens with zero attached hydrogens (tertiary/aromatic N) is 2. The van der Waals surface area contributed by atoms with Gasteiger partial charge in [-0.1, -0.05) is 18.3 Å². The normalized spacial score (nSPS) is 12.7. The monoisotopic (exact) mass is 318 g/mol. The molecule has 0 radical (unpaired) electrons. The molecule has 0 bridgehead atoms.